The van der Waals surface area contributed by atoms with Gasteiger partial charge in [-0.1, -0.05) is 6.07 Å². The van der Waals surface area contributed by atoms with E-state index < -0.39 is 0 Å². The predicted molar refractivity (Wildman–Crippen MR) is 61.7 cm³/mol. The van der Waals surface area contributed by atoms with E-state index in [9.17, 15) is 0 Å². The Morgan fingerprint density at radius 2 is 2.53 bits per heavy atom. The Morgan fingerprint density at radius 3 is 3.27 bits per heavy atom. The predicted octanol–water partition coefficient (Wildman–Crippen LogP) is 1.64. The lowest BCUT2D eigenvalue weighted by molar-refractivity contribution is 0.129. The quantitative estimate of drug-likeness (QED) is 0.463. The number of pyridine rings is 1. The van der Waals surface area contributed by atoms with Crippen LogP contribution in [0.15, 0.2) is 23.2 Å². The molecular formula is C10H15N3OS. The molecule has 15 heavy (non-hydrogen) atoms. The molecule has 1 unspecified atom stereocenters. The summed E-state index contributed by atoms with van der Waals surface area (Å²) in [5, 5.41) is 0.987. The molecule has 1 saturated heterocycles. The standard InChI is InChI=1S/C10H15N3OS/c11-13-9-4-1-5-10(12-9)15-7-8-3-2-6-14-8/h1,4-5,8H,2-3,6-7,11H2,(H,12,13). The van der Waals surface area contributed by atoms with Crippen LogP contribution in [0.25, 0.3) is 0 Å². The van der Waals surface area contributed by atoms with Crippen LogP contribution in [0.2, 0.25) is 0 Å². The number of anilines is 1. The van der Waals surface area contributed by atoms with Gasteiger partial charge in [0.1, 0.15) is 5.82 Å². The van der Waals surface area contributed by atoms with Crippen LogP contribution in [0.1, 0.15) is 12.8 Å². The van der Waals surface area contributed by atoms with Crippen LogP contribution in [0, 0.1) is 0 Å². The van der Waals surface area contributed by atoms with Crippen LogP contribution >= 0.6 is 11.8 Å². The van der Waals surface area contributed by atoms with Crippen molar-refractivity contribution in [3.63, 3.8) is 0 Å². The molecule has 0 saturated carbocycles. The van der Waals surface area contributed by atoms with Crippen LogP contribution < -0.4 is 11.3 Å². The first-order valence-electron chi connectivity index (χ1n) is 5.06. The summed E-state index contributed by atoms with van der Waals surface area (Å²) in [7, 11) is 0. The van der Waals surface area contributed by atoms with Gasteiger partial charge >= 0.3 is 0 Å². The van der Waals surface area contributed by atoms with Crippen LogP contribution in [-0.2, 0) is 4.74 Å². The van der Waals surface area contributed by atoms with Gasteiger partial charge in [0.2, 0.25) is 0 Å². The number of thioether (sulfide) groups is 1. The number of nitrogens with zero attached hydrogens (tertiary/aromatic N) is 1. The number of nitrogens with one attached hydrogen (secondary N) is 1. The monoisotopic (exact) mass is 225 g/mol. The highest BCUT2D eigenvalue weighted by atomic mass is 32.2. The van der Waals surface area contributed by atoms with Gasteiger partial charge in [-0.05, 0) is 25.0 Å². The summed E-state index contributed by atoms with van der Waals surface area (Å²) in [5.41, 5.74) is 2.54. The van der Waals surface area contributed by atoms with E-state index in [-0.39, 0.29) is 0 Å². The molecule has 3 N–H and O–H groups in total. The lowest BCUT2D eigenvalue weighted by Gasteiger charge is -2.08. The van der Waals surface area contributed by atoms with Crippen molar-refractivity contribution in [3.05, 3.63) is 18.2 Å². The number of hydrazine groups is 1. The van der Waals surface area contributed by atoms with Crippen molar-refractivity contribution < 1.29 is 4.74 Å². The molecule has 0 spiro atoms. The second kappa shape index (κ2) is 5.34. The number of nitrogens with two attached hydrogens (primary N) is 1. The third-order valence-corrected chi connectivity index (χ3v) is 3.37. The van der Waals surface area contributed by atoms with Crippen LogP contribution in [0.4, 0.5) is 5.82 Å². The van der Waals surface area contributed by atoms with Crippen molar-refractivity contribution >= 4 is 17.6 Å². The Labute approximate surface area is 93.6 Å². The largest absolute Gasteiger partial charge is 0.377 e. The SMILES string of the molecule is NNc1cccc(SCC2CCCO2)n1. The summed E-state index contributed by atoms with van der Waals surface area (Å²) >= 11 is 1.72. The summed E-state index contributed by atoms with van der Waals surface area (Å²) in [4.78, 5) is 4.32. The van der Waals surface area contributed by atoms with Gasteiger partial charge in [-0.15, -0.1) is 11.8 Å². The fraction of sp³-hybridized carbons (Fsp3) is 0.500. The Kier molecular flexibility index (Phi) is 3.82. The Hall–Kier alpha value is -0.780. The highest BCUT2D eigenvalue weighted by Gasteiger charge is 2.15. The molecule has 82 valence electrons. The molecule has 1 aromatic rings. The Balaban J connectivity index is 1.86. The normalized spacial score (nSPS) is 20.5. The minimum absolute atomic E-state index is 0.395. The summed E-state index contributed by atoms with van der Waals surface area (Å²) in [6, 6.07) is 5.77. The number of aromatic nitrogens is 1. The topological polar surface area (TPSA) is 60.2 Å². The summed E-state index contributed by atoms with van der Waals surface area (Å²) < 4.78 is 5.54. The minimum Gasteiger partial charge on any atom is -0.377 e. The second-order valence-electron chi connectivity index (χ2n) is 3.45. The van der Waals surface area contributed by atoms with E-state index in [1.54, 1.807) is 11.8 Å². The fourth-order valence-electron chi connectivity index (χ4n) is 1.53. The molecule has 5 heteroatoms. The van der Waals surface area contributed by atoms with Gasteiger partial charge in [0.25, 0.3) is 0 Å². The van der Waals surface area contributed by atoms with E-state index in [0.717, 1.165) is 17.4 Å². The highest BCUT2D eigenvalue weighted by Crippen LogP contribution is 2.22. The third kappa shape index (κ3) is 3.09. The average molecular weight is 225 g/mol. The molecule has 1 aliphatic rings. The Morgan fingerprint density at radius 1 is 1.60 bits per heavy atom. The van der Waals surface area contributed by atoms with E-state index in [1.165, 1.54) is 12.8 Å². The smallest absolute Gasteiger partial charge is 0.141 e. The summed E-state index contributed by atoms with van der Waals surface area (Å²) in [6.45, 7) is 0.906. The first kappa shape index (κ1) is 10.7. The van der Waals surface area contributed by atoms with Crippen LogP contribution in [0.3, 0.4) is 0 Å². The van der Waals surface area contributed by atoms with Gasteiger partial charge in [0.15, 0.2) is 0 Å². The molecule has 0 radical (unpaired) electrons. The van der Waals surface area contributed by atoms with Gasteiger partial charge in [0, 0.05) is 12.4 Å². The third-order valence-electron chi connectivity index (χ3n) is 2.31. The minimum atomic E-state index is 0.395. The molecular weight excluding hydrogens is 210 g/mol. The Bertz CT molecular complexity index is 315. The van der Waals surface area contributed by atoms with Gasteiger partial charge < -0.3 is 10.2 Å². The maximum Gasteiger partial charge on any atom is 0.141 e. The maximum atomic E-state index is 5.54. The molecule has 0 aliphatic carbocycles. The van der Waals surface area contributed by atoms with Gasteiger partial charge in [-0.3, -0.25) is 0 Å². The van der Waals surface area contributed by atoms with Gasteiger partial charge in [0.05, 0.1) is 11.1 Å². The zero-order valence-corrected chi connectivity index (χ0v) is 9.30. The molecule has 1 aliphatic heterocycles. The van der Waals surface area contributed by atoms with Crippen LogP contribution in [0.5, 0.6) is 0 Å². The van der Waals surface area contributed by atoms with Crippen molar-refractivity contribution in [2.75, 3.05) is 17.8 Å². The van der Waals surface area contributed by atoms with E-state index in [4.69, 9.17) is 10.6 Å². The number of nitrogen functional groups attached to an aromatic ring is 1. The van der Waals surface area contributed by atoms with Crippen molar-refractivity contribution in [3.8, 4) is 0 Å². The molecule has 1 fully saturated rings. The maximum absolute atomic E-state index is 5.54. The molecule has 0 amide bonds. The molecule has 1 aromatic heterocycles. The van der Waals surface area contributed by atoms with E-state index >= 15 is 0 Å². The van der Waals surface area contributed by atoms with Crippen molar-refractivity contribution in [1.82, 2.24) is 4.98 Å². The lowest BCUT2D eigenvalue weighted by Crippen LogP contribution is -2.10. The lowest BCUT2D eigenvalue weighted by atomic mass is 10.3. The average Bonchev–Trinajstić information content (AvgIpc) is 2.79. The van der Waals surface area contributed by atoms with Crippen molar-refractivity contribution in [2.45, 2.75) is 24.0 Å². The highest BCUT2D eigenvalue weighted by molar-refractivity contribution is 7.99. The molecule has 4 nitrogen and oxygen atoms in total. The number of hydrogen-bond donors (Lipinski definition) is 2. The first-order valence-corrected chi connectivity index (χ1v) is 6.05. The number of rotatable bonds is 4. The zero-order chi connectivity index (χ0) is 10.5. The fourth-order valence-corrected chi connectivity index (χ4v) is 2.49. The molecule has 2 heterocycles. The number of hydrogen-bond acceptors (Lipinski definition) is 5. The van der Waals surface area contributed by atoms with E-state index in [0.29, 0.717) is 11.9 Å². The number of ether oxygens (including phenoxy) is 1. The van der Waals surface area contributed by atoms with Crippen LogP contribution in [-0.4, -0.2) is 23.4 Å². The first-order chi connectivity index (χ1) is 7.38. The van der Waals surface area contributed by atoms with Gasteiger partial charge in [-0.2, -0.15) is 0 Å². The van der Waals surface area contributed by atoms with Crippen molar-refractivity contribution in [1.29, 1.82) is 0 Å². The summed E-state index contributed by atoms with van der Waals surface area (Å²) in [5.74, 6) is 6.97. The molecule has 0 bridgehead atoms. The van der Waals surface area contributed by atoms with Gasteiger partial charge in [-0.25, -0.2) is 10.8 Å². The summed E-state index contributed by atoms with van der Waals surface area (Å²) in [6.07, 6.45) is 2.75. The second-order valence-corrected chi connectivity index (χ2v) is 4.49. The van der Waals surface area contributed by atoms with Crippen molar-refractivity contribution in [2.24, 2.45) is 5.84 Å². The molecule has 0 aromatic carbocycles. The molecule has 1 atom stereocenters. The molecule has 2 rings (SSSR count). The zero-order valence-electron chi connectivity index (χ0n) is 8.48. The van der Waals surface area contributed by atoms with E-state index in [1.807, 2.05) is 18.2 Å². The van der Waals surface area contributed by atoms with E-state index in [2.05, 4.69) is 10.4 Å².